The van der Waals surface area contributed by atoms with Gasteiger partial charge in [0.15, 0.2) is 11.6 Å². The van der Waals surface area contributed by atoms with Gasteiger partial charge in [0.1, 0.15) is 5.82 Å². The van der Waals surface area contributed by atoms with E-state index in [9.17, 15) is 4.39 Å². The number of anilines is 1. The van der Waals surface area contributed by atoms with Gasteiger partial charge < -0.3 is 10.2 Å². The van der Waals surface area contributed by atoms with E-state index < -0.39 is 0 Å². The van der Waals surface area contributed by atoms with Gasteiger partial charge in [-0.15, -0.1) is 0 Å². The summed E-state index contributed by atoms with van der Waals surface area (Å²) in [5.74, 6) is 0.705. The molecule has 0 bridgehead atoms. The van der Waals surface area contributed by atoms with Gasteiger partial charge in [-0.3, -0.25) is 0 Å². The number of hydrogen-bond donors (Lipinski definition) is 1. The molecule has 1 aromatic heterocycles. The van der Waals surface area contributed by atoms with Gasteiger partial charge in [0, 0.05) is 26.2 Å². The Balaban J connectivity index is 2.24. The summed E-state index contributed by atoms with van der Waals surface area (Å²) in [5, 5.41) is 3.21. The molecule has 0 aromatic carbocycles. The standard InChI is InChI=1S/C9H13FN4/c1-7-12-6-8(10)9(13-7)14-4-2-11-3-5-14/h6,11H,2-5H2,1H3. The van der Waals surface area contributed by atoms with Crippen LogP contribution >= 0.6 is 0 Å². The zero-order valence-electron chi connectivity index (χ0n) is 8.13. The summed E-state index contributed by atoms with van der Waals surface area (Å²) in [4.78, 5) is 9.86. The topological polar surface area (TPSA) is 41.1 Å². The number of aryl methyl sites for hydroxylation is 1. The number of rotatable bonds is 1. The predicted molar refractivity (Wildman–Crippen MR) is 51.8 cm³/mol. The van der Waals surface area contributed by atoms with Crippen molar-refractivity contribution in [1.82, 2.24) is 15.3 Å². The molecule has 0 radical (unpaired) electrons. The van der Waals surface area contributed by atoms with Crippen LogP contribution in [0.25, 0.3) is 0 Å². The normalized spacial score (nSPS) is 17.1. The quantitative estimate of drug-likeness (QED) is 0.703. The molecule has 1 saturated heterocycles. The van der Waals surface area contributed by atoms with Crippen LogP contribution in [0.4, 0.5) is 10.2 Å². The Morgan fingerprint density at radius 2 is 2.14 bits per heavy atom. The van der Waals surface area contributed by atoms with Crippen LogP contribution in [0, 0.1) is 12.7 Å². The van der Waals surface area contributed by atoms with Gasteiger partial charge in [-0.05, 0) is 6.92 Å². The Kier molecular flexibility index (Phi) is 2.58. The van der Waals surface area contributed by atoms with Crippen molar-refractivity contribution < 1.29 is 4.39 Å². The third-order valence-corrected chi connectivity index (χ3v) is 2.26. The molecule has 1 N–H and O–H groups in total. The molecule has 1 aromatic rings. The van der Waals surface area contributed by atoms with E-state index in [0.29, 0.717) is 11.6 Å². The zero-order chi connectivity index (χ0) is 9.97. The van der Waals surface area contributed by atoms with Crippen LogP contribution in [0.3, 0.4) is 0 Å². The van der Waals surface area contributed by atoms with Crippen LogP contribution in [-0.2, 0) is 0 Å². The lowest BCUT2D eigenvalue weighted by molar-refractivity contribution is 0.554. The molecule has 1 aliphatic heterocycles. The first-order valence-electron chi connectivity index (χ1n) is 4.72. The first-order valence-corrected chi connectivity index (χ1v) is 4.72. The smallest absolute Gasteiger partial charge is 0.183 e. The summed E-state index contributed by atoms with van der Waals surface area (Å²) in [6, 6.07) is 0. The molecular weight excluding hydrogens is 183 g/mol. The maximum atomic E-state index is 13.4. The molecule has 4 nitrogen and oxygen atoms in total. The van der Waals surface area contributed by atoms with Gasteiger partial charge in [0.25, 0.3) is 0 Å². The van der Waals surface area contributed by atoms with Crippen LogP contribution in [-0.4, -0.2) is 36.1 Å². The highest BCUT2D eigenvalue weighted by molar-refractivity contribution is 5.39. The van der Waals surface area contributed by atoms with E-state index in [4.69, 9.17) is 0 Å². The highest BCUT2D eigenvalue weighted by Gasteiger charge is 2.15. The molecule has 0 amide bonds. The van der Waals surface area contributed by atoms with Crippen LogP contribution in [0.5, 0.6) is 0 Å². The van der Waals surface area contributed by atoms with E-state index in [1.807, 2.05) is 4.90 Å². The van der Waals surface area contributed by atoms with Crippen LogP contribution in [0.1, 0.15) is 5.82 Å². The van der Waals surface area contributed by atoms with E-state index in [2.05, 4.69) is 15.3 Å². The molecule has 0 atom stereocenters. The van der Waals surface area contributed by atoms with Crippen molar-refractivity contribution in [3.63, 3.8) is 0 Å². The van der Waals surface area contributed by atoms with Crippen molar-refractivity contribution in [2.45, 2.75) is 6.92 Å². The van der Waals surface area contributed by atoms with E-state index in [0.717, 1.165) is 26.2 Å². The number of aromatic nitrogens is 2. The molecule has 0 aliphatic carbocycles. The number of halogens is 1. The average molecular weight is 196 g/mol. The van der Waals surface area contributed by atoms with Crippen molar-refractivity contribution in [2.75, 3.05) is 31.1 Å². The van der Waals surface area contributed by atoms with E-state index >= 15 is 0 Å². The summed E-state index contributed by atoms with van der Waals surface area (Å²) in [7, 11) is 0. The van der Waals surface area contributed by atoms with Crippen LogP contribution in [0.2, 0.25) is 0 Å². The molecule has 0 saturated carbocycles. The maximum Gasteiger partial charge on any atom is 0.183 e. The van der Waals surface area contributed by atoms with Gasteiger partial charge >= 0.3 is 0 Å². The number of nitrogens with one attached hydrogen (secondary N) is 1. The largest absolute Gasteiger partial charge is 0.352 e. The fourth-order valence-corrected chi connectivity index (χ4v) is 1.54. The minimum Gasteiger partial charge on any atom is -0.352 e. The van der Waals surface area contributed by atoms with Gasteiger partial charge in [-0.25, -0.2) is 14.4 Å². The van der Waals surface area contributed by atoms with Crippen molar-refractivity contribution in [3.8, 4) is 0 Å². The molecule has 76 valence electrons. The Bertz CT molecular complexity index is 323. The van der Waals surface area contributed by atoms with Crippen molar-refractivity contribution >= 4 is 5.82 Å². The molecular formula is C9H13FN4. The number of piperazine rings is 1. The SMILES string of the molecule is Cc1ncc(F)c(N2CCNCC2)n1. The van der Waals surface area contributed by atoms with Crippen molar-refractivity contribution in [1.29, 1.82) is 0 Å². The van der Waals surface area contributed by atoms with Crippen molar-refractivity contribution in [2.24, 2.45) is 0 Å². The van der Waals surface area contributed by atoms with Crippen molar-refractivity contribution in [3.05, 3.63) is 17.8 Å². The van der Waals surface area contributed by atoms with Crippen LogP contribution in [0.15, 0.2) is 6.20 Å². The Morgan fingerprint density at radius 1 is 1.43 bits per heavy atom. The predicted octanol–water partition coefficient (Wildman–Crippen LogP) is 0.334. The number of nitrogens with zero attached hydrogens (tertiary/aromatic N) is 3. The molecule has 2 heterocycles. The zero-order valence-corrected chi connectivity index (χ0v) is 8.13. The van der Waals surface area contributed by atoms with Gasteiger partial charge in [-0.2, -0.15) is 0 Å². The van der Waals surface area contributed by atoms with Gasteiger partial charge in [0.2, 0.25) is 0 Å². The lowest BCUT2D eigenvalue weighted by Crippen LogP contribution is -2.44. The second kappa shape index (κ2) is 3.88. The minimum absolute atomic E-state index is 0.336. The lowest BCUT2D eigenvalue weighted by atomic mass is 10.3. The molecule has 14 heavy (non-hydrogen) atoms. The second-order valence-electron chi connectivity index (χ2n) is 3.33. The third-order valence-electron chi connectivity index (χ3n) is 2.26. The maximum absolute atomic E-state index is 13.4. The van der Waals surface area contributed by atoms with Crippen LogP contribution < -0.4 is 10.2 Å². The fraction of sp³-hybridized carbons (Fsp3) is 0.556. The molecule has 0 unspecified atom stereocenters. The summed E-state index contributed by atoms with van der Waals surface area (Å²) >= 11 is 0. The third kappa shape index (κ3) is 1.82. The Hall–Kier alpha value is -1.23. The molecule has 0 spiro atoms. The first-order chi connectivity index (χ1) is 6.77. The Labute approximate surface area is 82.2 Å². The fourth-order valence-electron chi connectivity index (χ4n) is 1.54. The van der Waals surface area contributed by atoms with Gasteiger partial charge in [0.05, 0.1) is 6.20 Å². The minimum atomic E-state index is -0.336. The average Bonchev–Trinajstić information content (AvgIpc) is 2.23. The van der Waals surface area contributed by atoms with E-state index in [1.54, 1.807) is 6.92 Å². The van der Waals surface area contributed by atoms with E-state index in [-0.39, 0.29) is 5.82 Å². The highest BCUT2D eigenvalue weighted by atomic mass is 19.1. The summed E-state index contributed by atoms with van der Waals surface area (Å²) in [6.07, 6.45) is 1.24. The van der Waals surface area contributed by atoms with Gasteiger partial charge in [-0.1, -0.05) is 0 Å². The number of hydrogen-bond acceptors (Lipinski definition) is 4. The molecule has 2 rings (SSSR count). The molecule has 1 aliphatic rings. The monoisotopic (exact) mass is 196 g/mol. The highest BCUT2D eigenvalue weighted by Crippen LogP contribution is 2.15. The second-order valence-corrected chi connectivity index (χ2v) is 3.33. The summed E-state index contributed by atoms with van der Waals surface area (Å²) in [6.45, 7) is 5.12. The molecule has 1 fully saturated rings. The first kappa shape index (κ1) is 9.33. The summed E-state index contributed by atoms with van der Waals surface area (Å²) in [5.41, 5.74) is 0. The molecule has 5 heteroatoms. The lowest BCUT2D eigenvalue weighted by Gasteiger charge is -2.28. The van der Waals surface area contributed by atoms with E-state index in [1.165, 1.54) is 6.20 Å². The summed E-state index contributed by atoms with van der Waals surface area (Å²) < 4.78 is 13.4. The Morgan fingerprint density at radius 3 is 2.86 bits per heavy atom.